The molecule has 1 amide bonds. The Bertz CT molecular complexity index is 769. The van der Waals surface area contributed by atoms with Gasteiger partial charge < -0.3 is 10.1 Å². The topological polar surface area (TPSA) is 81.5 Å². The monoisotopic (exact) mass is 340 g/mol. The fourth-order valence-electron chi connectivity index (χ4n) is 2.32. The van der Waals surface area contributed by atoms with Crippen molar-refractivity contribution in [2.45, 2.75) is 19.9 Å². The van der Waals surface area contributed by atoms with Gasteiger partial charge in [-0.15, -0.1) is 0 Å². The molecule has 130 valence electrons. The lowest BCUT2D eigenvalue weighted by Gasteiger charge is -2.13. The van der Waals surface area contributed by atoms with Crippen LogP contribution in [0, 0.1) is 10.1 Å². The van der Waals surface area contributed by atoms with Crippen LogP contribution in [-0.4, -0.2) is 17.4 Å². The molecule has 1 atom stereocenters. The van der Waals surface area contributed by atoms with Crippen molar-refractivity contribution in [2.24, 2.45) is 0 Å². The molecule has 25 heavy (non-hydrogen) atoms. The molecule has 0 radical (unpaired) electrons. The highest BCUT2D eigenvalue weighted by Gasteiger charge is 2.11. The number of rotatable bonds is 7. The van der Waals surface area contributed by atoms with E-state index in [9.17, 15) is 14.9 Å². The number of nitrogens with one attached hydrogen (secondary N) is 1. The lowest BCUT2D eigenvalue weighted by Crippen LogP contribution is -2.24. The zero-order valence-corrected chi connectivity index (χ0v) is 14.1. The van der Waals surface area contributed by atoms with E-state index < -0.39 is 4.92 Å². The molecule has 2 aromatic rings. The summed E-state index contributed by atoms with van der Waals surface area (Å²) in [6, 6.07) is 13.6. The van der Waals surface area contributed by atoms with Crippen molar-refractivity contribution in [3.8, 4) is 5.75 Å². The summed E-state index contributed by atoms with van der Waals surface area (Å²) in [5.41, 5.74) is 1.29. The minimum Gasteiger partial charge on any atom is -0.494 e. The number of hydrogen-bond donors (Lipinski definition) is 1. The van der Waals surface area contributed by atoms with Gasteiger partial charge in [-0.2, -0.15) is 0 Å². The summed E-state index contributed by atoms with van der Waals surface area (Å²) in [7, 11) is 0. The molecule has 0 heterocycles. The van der Waals surface area contributed by atoms with Crippen LogP contribution in [0.2, 0.25) is 0 Å². The van der Waals surface area contributed by atoms with Crippen LogP contribution in [0.3, 0.4) is 0 Å². The molecule has 1 unspecified atom stereocenters. The van der Waals surface area contributed by atoms with Gasteiger partial charge in [-0.05, 0) is 43.7 Å². The van der Waals surface area contributed by atoms with Gasteiger partial charge >= 0.3 is 0 Å². The Morgan fingerprint density at radius 3 is 2.56 bits per heavy atom. The highest BCUT2D eigenvalue weighted by molar-refractivity contribution is 5.92. The number of ether oxygens (including phenoxy) is 1. The fourth-order valence-corrected chi connectivity index (χ4v) is 2.32. The molecule has 0 aliphatic rings. The van der Waals surface area contributed by atoms with Gasteiger partial charge in [0.05, 0.1) is 23.1 Å². The first kappa shape index (κ1) is 18.2. The van der Waals surface area contributed by atoms with E-state index in [1.165, 1.54) is 18.2 Å². The molecule has 6 heteroatoms. The van der Waals surface area contributed by atoms with E-state index in [-0.39, 0.29) is 17.6 Å². The predicted octanol–water partition coefficient (Wildman–Crippen LogP) is 3.88. The van der Waals surface area contributed by atoms with Crippen molar-refractivity contribution < 1.29 is 14.5 Å². The van der Waals surface area contributed by atoms with Gasteiger partial charge in [-0.25, -0.2) is 0 Å². The van der Waals surface area contributed by atoms with Gasteiger partial charge in [-0.3, -0.25) is 14.9 Å². The van der Waals surface area contributed by atoms with Crippen LogP contribution in [0.1, 0.15) is 31.0 Å². The van der Waals surface area contributed by atoms with Crippen molar-refractivity contribution in [3.63, 3.8) is 0 Å². The zero-order valence-electron chi connectivity index (χ0n) is 14.1. The summed E-state index contributed by atoms with van der Waals surface area (Å²) in [6.45, 7) is 4.38. The van der Waals surface area contributed by atoms with Crippen LogP contribution in [0.25, 0.3) is 6.08 Å². The maximum absolute atomic E-state index is 12.1. The number of para-hydroxylation sites is 1. The Labute approximate surface area is 146 Å². The Hall–Kier alpha value is -3.15. The zero-order chi connectivity index (χ0) is 18.2. The Kier molecular flexibility index (Phi) is 6.28. The van der Waals surface area contributed by atoms with Crippen LogP contribution in [-0.2, 0) is 4.79 Å². The maximum Gasteiger partial charge on any atom is 0.276 e. The van der Waals surface area contributed by atoms with Crippen molar-refractivity contribution in [3.05, 3.63) is 75.8 Å². The van der Waals surface area contributed by atoms with Crippen molar-refractivity contribution in [1.29, 1.82) is 0 Å². The van der Waals surface area contributed by atoms with Gasteiger partial charge in [0.15, 0.2) is 0 Å². The number of benzene rings is 2. The third kappa shape index (κ3) is 5.17. The molecule has 0 saturated carbocycles. The Morgan fingerprint density at radius 1 is 1.24 bits per heavy atom. The van der Waals surface area contributed by atoms with Crippen molar-refractivity contribution in [1.82, 2.24) is 5.32 Å². The summed E-state index contributed by atoms with van der Waals surface area (Å²) in [5, 5.41) is 13.8. The van der Waals surface area contributed by atoms with Crippen LogP contribution in [0.15, 0.2) is 54.6 Å². The first-order valence-corrected chi connectivity index (χ1v) is 7.96. The first-order chi connectivity index (χ1) is 12.0. The van der Waals surface area contributed by atoms with E-state index in [1.807, 2.05) is 38.1 Å². The van der Waals surface area contributed by atoms with Gasteiger partial charge in [-0.1, -0.05) is 24.3 Å². The molecular weight excluding hydrogens is 320 g/mol. The maximum atomic E-state index is 12.1. The van der Waals surface area contributed by atoms with Crippen molar-refractivity contribution in [2.75, 3.05) is 6.61 Å². The quantitative estimate of drug-likeness (QED) is 0.471. The van der Waals surface area contributed by atoms with Crippen LogP contribution in [0.5, 0.6) is 5.75 Å². The highest BCUT2D eigenvalue weighted by Crippen LogP contribution is 2.20. The fraction of sp³-hybridized carbons (Fsp3) is 0.211. The molecule has 2 rings (SSSR count). The molecule has 1 N–H and O–H groups in total. The number of carbonyl (C=O) groups is 1. The van der Waals surface area contributed by atoms with Crippen LogP contribution in [0.4, 0.5) is 5.69 Å². The van der Waals surface area contributed by atoms with E-state index in [0.717, 1.165) is 11.3 Å². The number of amides is 1. The van der Waals surface area contributed by atoms with E-state index >= 15 is 0 Å². The molecule has 0 aromatic heterocycles. The van der Waals surface area contributed by atoms with Gasteiger partial charge in [0, 0.05) is 12.1 Å². The second-order valence-electron chi connectivity index (χ2n) is 5.38. The summed E-state index contributed by atoms with van der Waals surface area (Å²) >= 11 is 0. The molecule has 0 aliphatic heterocycles. The molecule has 0 bridgehead atoms. The molecule has 0 fully saturated rings. The lowest BCUT2D eigenvalue weighted by atomic mass is 10.1. The normalized spacial score (nSPS) is 11.9. The minimum atomic E-state index is -0.472. The van der Waals surface area contributed by atoms with Crippen molar-refractivity contribution >= 4 is 17.7 Å². The Balaban J connectivity index is 2.01. The smallest absolute Gasteiger partial charge is 0.276 e. The Morgan fingerprint density at radius 2 is 1.92 bits per heavy atom. The van der Waals surface area contributed by atoms with E-state index in [1.54, 1.807) is 18.2 Å². The third-order valence-corrected chi connectivity index (χ3v) is 3.60. The SMILES string of the molecule is CCOc1ccc(C(C)NC(=O)/C=C/c2ccccc2[N+](=O)[O-])cc1. The number of hydrogen-bond acceptors (Lipinski definition) is 4. The van der Waals surface area contributed by atoms with Gasteiger partial charge in [0.2, 0.25) is 5.91 Å². The van der Waals surface area contributed by atoms with Crippen LogP contribution >= 0.6 is 0 Å². The second kappa shape index (κ2) is 8.63. The second-order valence-corrected chi connectivity index (χ2v) is 5.38. The molecule has 0 saturated heterocycles. The average Bonchev–Trinajstić information content (AvgIpc) is 2.61. The molecule has 2 aromatic carbocycles. The van der Waals surface area contributed by atoms with Crippen LogP contribution < -0.4 is 10.1 Å². The van der Waals surface area contributed by atoms with E-state index in [2.05, 4.69) is 5.32 Å². The number of nitro groups is 1. The summed E-state index contributed by atoms with van der Waals surface area (Å²) in [5.74, 6) is 0.459. The minimum absolute atomic E-state index is 0.0360. The van der Waals surface area contributed by atoms with Gasteiger partial charge in [0.25, 0.3) is 5.69 Å². The first-order valence-electron chi connectivity index (χ1n) is 7.96. The standard InChI is InChI=1S/C19H20N2O4/c1-3-25-17-11-8-15(9-12-17)14(2)20-19(22)13-10-16-6-4-5-7-18(16)21(23)24/h4-14H,3H2,1-2H3,(H,20,22)/b13-10+. The number of nitrogens with zero attached hydrogens (tertiary/aromatic N) is 1. The molecular formula is C19H20N2O4. The molecule has 0 spiro atoms. The lowest BCUT2D eigenvalue weighted by molar-refractivity contribution is -0.385. The highest BCUT2D eigenvalue weighted by atomic mass is 16.6. The summed E-state index contributed by atoms with van der Waals surface area (Å²) < 4.78 is 5.39. The third-order valence-electron chi connectivity index (χ3n) is 3.60. The summed E-state index contributed by atoms with van der Waals surface area (Å²) in [4.78, 5) is 22.6. The molecule has 0 aliphatic carbocycles. The summed E-state index contributed by atoms with van der Waals surface area (Å²) in [6.07, 6.45) is 2.74. The largest absolute Gasteiger partial charge is 0.494 e. The number of carbonyl (C=O) groups excluding carboxylic acids is 1. The number of nitro benzene ring substituents is 1. The molecule has 6 nitrogen and oxygen atoms in total. The van der Waals surface area contributed by atoms with E-state index in [4.69, 9.17) is 4.74 Å². The average molecular weight is 340 g/mol. The predicted molar refractivity (Wildman–Crippen MR) is 96.3 cm³/mol. The van der Waals surface area contributed by atoms with Gasteiger partial charge in [0.1, 0.15) is 5.75 Å². The van der Waals surface area contributed by atoms with E-state index in [0.29, 0.717) is 12.2 Å².